The van der Waals surface area contributed by atoms with E-state index in [0.717, 1.165) is 42.9 Å². The third-order valence-corrected chi connectivity index (χ3v) is 4.41. The van der Waals surface area contributed by atoms with Gasteiger partial charge in [0.15, 0.2) is 0 Å². The number of hydrogen-bond acceptors (Lipinski definition) is 4. The van der Waals surface area contributed by atoms with Crippen molar-refractivity contribution in [2.45, 2.75) is 25.5 Å². The highest BCUT2D eigenvalue weighted by Gasteiger charge is 2.20. The smallest absolute Gasteiger partial charge is 0.255 e. The topological polar surface area (TPSA) is 78.6 Å². The number of para-hydroxylation sites is 2. The molecule has 1 fully saturated rings. The van der Waals surface area contributed by atoms with Gasteiger partial charge >= 0.3 is 0 Å². The highest BCUT2D eigenvalue weighted by Crippen LogP contribution is 2.28. The molecule has 0 spiro atoms. The van der Waals surface area contributed by atoms with Gasteiger partial charge in [-0.3, -0.25) is 4.79 Å². The van der Waals surface area contributed by atoms with E-state index in [9.17, 15) is 9.90 Å². The first-order valence-corrected chi connectivity index (χ1v) is 8.30. The highest BCUT2D eigenvalue weighted by molar-refractivity contribution is 6.06. The molecule has 1 saturated heterocycles. The molecule has 0 atom stereocenters. The average molecular weight is 325 g/mol. The molecule has 3 rings (SSSR count). The molecule has 4 N–H and O–H groups in total. The van der Waals surface area contributed by atoms with Crippen molar-refractivity contribution in [3.05, 3.63) is 59.7 Å². The SMILES string of the molecule is NCc1ccc(C(=O)Nc2ccccc2N2CCC(O)CC2)cc1. The third kappa shape index (κ3) is 3.75. The number of nitrogens with one attached hydrogen (secondary N) is 1. The van der Waals surface area contributed by atoms with Crippen LogP contribution in [-0.4, -0.2) is 30.2 Å². The van der Waals surface area contributed by atoms with Crippen molar-refractivity contribution in [1.29, 1.82) is 0 Å². The molecular weight excluding hydrogens is 302 g/mol. The predicted octanol–water partition coefficient (Wildman–Crippen LogP) is 2.36. The molecule has 0 aliphatic carbocycles. The lowest BCUT2D eigenvalue weighted by Crippen LogP contribution is -2.36. The Kier molecular flexibility index (Phi) is 5.13. The first-order chi connectivity index (χ1) is 11.7. The fourth-order valence-electron chi connectivity index (χ4n) is 2.95. The summed E-state index contributed by atoms with van der Waals surface area (Å²) in [5.74, 6) is -0.136. The molecule has 0 unspecified atom stereocenters. The molecule has 0 bridgehead atoms. The van der Waals surface area contributed by atoms with E-state index in [1.54, 1.807) is 12.1 Å². The van der Waals surface area contributed by atoms with E-state index in [-0.39, 0.29) is 12.0 Å². The van der Waals surface area contributed by atoms with Crippen LogP contribution in [0.1, 0.15) is 28.8 Å². The fourth-order valence-corrected chi connectivity index (χ4v) is 2.95. The van der Waals surface area contributed by atoms with Crippen LogP contribution in [0.2, 0.25) is 0 Å². The lowest BCUT2D eigenvalue weighted by atomic mass is 10.1. The molecule has 126 valence electrons. The first-order valence-electron chi connectivity index (χ1n) is 8.30. The lowest BCUT2D eigenvalue weighted by Gasteiger charge is -2.32. The molecule has 5 heteroatoms. The van der Waals surface area contributed by atoms with Crippen molar-refractivity contribution >= 4 is 17.3 Å². The van der Waals surface area contributed by atoms with E-state index in [1.807, 2.05) is 36.4 Å². The first kappa shape index (κ1) is 16.5. The Morgan fingerprint density at radius 3 is 2.46 bits per heavy atom. The summed E-state index contributed by atoms with van der Waals surface area (Å²) < 4.78 is 0. The van der Waals surface area contributed by atoms with Crippen molar-refractivity contribution in [2.75, 3.05) is 23.3 Å². The second-order valence-corrected chi connectivity index (χ2v) is 6.09. The lowest BCUT2D eigenvalue weighted by molar-refractivity contribution is 0.102. The quantitative estimate of drug-likeness (QED) is 0.806. The van der Waals surface area contributed by atoms with Gasteiger partial charge in [-0.2, -0.15) is 0 Å². The Morgan fingerprint density at radius 1 is 1.12 bits per heavy atom. The summed E-state index contributed by atoms with van der Waals surface area (Å²) in [6, 6.07) is 15.1. The number of carbonyl (C=O) groups is 1. The molecule has 24 heavy (non-hydrogen) atoms. The van der Waals surface area contributed by atoms with Gasteiger partial charge in [0.25, 0.3) is 5.91 Å². The molecule has 0 aromatic heterocycles. The van der Waals surface area contributed by atoms with E-state index >= 15 is 0 Å². The number of benzene rings is 2. The second kappa shape index (κ2) is 7.47. The highest BCUT2D eigenvalue weighted by atomic mass is 16.3. The minimum Gasteiger partial charge on any atom is -0.393 e. The van der Waals surface area contributed by atoms with Gasteiger partial charge < -0.3 is 21.1 Å². The van der Waals surface area contributed by atoms with E-state index < -0.39 is 0 Å². The Bertz CT molecular complexity index is 692. The maximum Gasteiger partial charge on any atom is 0.255 e. The summed E-state index contributed by atoms with van der Waals surface area (Å²) in [5, 5.41) is 12.7. The number of piperidine rings is 1. The number of amides is 1. The van der Waals surface area contributed by atoms with Gasteiger partial charge in [-0.25, -0.2) is 0 Å². The summed E-state index contributed by atoms with van der Waals surface area (Å²) >= 11 is 0. The summed E-state index contributed by atoms with van der Waals surface area (Å²) in [5.41, 5.74) is 8.98. The summed E-state index contributed by atoms with van der Waals surface area (Å²) in [4.78, 5) is 14.7. The minimum atomic E-state index is -0.218. The molecule has 1 aliphatic heterocycles. The van der Waals surface area contributed by atoms with Gasteiger partial charge in [-0.05, 0) is 42.7 Å². The van der Waals surface area contributed by atoms with Gasteiger partial charge in [0.05, 0.1) is 17.5 Å². The molecule has 1 aliphatic rings. The van der Waals surface area contributed by atoms with Gasteiger partial charge in [-0.1, -0.05) is 24.3 Å². The number of nitrogens with zero attached hydrogens (tertiary/aromatic N) is 1. The third-order valence-electron chi connectivity index (χ3n) is 4.41. The van der Waals surface area contributed by atoms with Crippen LogP contribution in [0.5, 0.6) is 0 Å². The zero-order valence-corrected chi connectivity index (χ0v) is 13.6. The van der Waals surface area contributed by atoms with E-state index in [2.05, 4.69) is 10.2 Å². The number of anilines is 2. The molecule has 2 aromatic carbocycles. The molecule has 0 radical (unpaired) electrons. The van der Waals surface area contributed by atoms with Crippen LogP contribution in [0.15, 0.2) is 48.5 Å². The van der Waals surface area contributed by atoms with Crippen LogP contribution in [-0.2, 0) is 6.54 Å². The maximum absolute atomic E-state index is 12.5. The number of aliphatic hydroxyl groups excluding tert-OH is 1. The summed E-state index contributed by atoms with van der Waals surface area (Å²) in [6.07, 6.45) is 1.29. The normalized spacial score (nSPS) is 15.3. The predicted molar refractivity (Wildman–Crippen MR) is 96.2 cm³/mol. The molecule has 1 heterocycles. The van der Waals surface area contributed by atoms with Gasteiger partial charge in [0, 0.05) is 25.2 Å². The van der Waals surface area contributed by atoms with Gasteiger partial charge in [0.2, 0.25) is 0 Å². The monoisotopic (exact) mass is 325 g/mol. The molecule has 0 saturated carbocycles. The van der Waals surface area contributed by atoms with Gasteiger partial charge in [0.1, 0.15) is 0 Å². The largest absolute Gasteiger partial charge is 0.393 e. The zero-order chi connectivity index (χ0) is 16.9. The molecule has 5 nitrogen and oxygen atoms in total. The molecular formula is C19H23N3O2. The van der Waals surface area contributed by atoms with Crippen molar-refractivity contribution in [1.82, 2.24) is 0 Å². The van der Waals surface area contributed by atoms with Crippen molar-refractivity contribution in [2.24, 2.45) is 5.73 Å². The average Bonchev–Trinajstić information content (AvgIpc) is 2.63. The Hall–Kier alpha value is -2.37. The number of rotatable bonds is 4. The number of nitrogens with two attached hydrogens (primary N) is 1. The molecule has 2 aromatic rings. The van der Waals surface area contributed by atoms with Crippen molar-refractivity contribution < 1.29 is 9.90 Å². The summed E-state index contributed by atoms with van der Waals surface area (Å²) in [6.45, 7) is 2.05. The van der Waals surface area contributed by atoms with Gasteiger partial charge in [-0.15, -0.1) is 0 Å². The van der Waals surface area contributed by atoms with Crippen LogP contribution in [0.4, 0.5) is 11.4 Å². The van der Waals surface area contributed by atoms with Crippen LogP contribution in [0.25, 0.3) is 0 Å². The fraction of sp³-hybridized carbons (Fsp3) is 0.316. The van der Waals surface area contributed by atoms with Crippen LogP contribution in [0, 0.1) is 0 Å². The summed E-state index contributed by atoms with van der Waals surface area (Å²) in [7, 11) is 0. The number of carbonyl (C=O) groups excluding carboxylic acids is 1. The number of hydrogen-bond donors (Lipinski definition) is 3. The van der Waals surface area contributed by atoms with Crippen molar-refractivity contribution in [3.8, 4) is 0 Å². The van der Waals surface area contributed by atoms with Crippen LogP contribution < -0.4 is 16.0 Å². The molecule has 1 amide bonds. The van der Waals surface area contributed by atoms with E-state index in [4.69, 9.17) is 5.73 Å². The standard InChI is InChI=1S/C19H23N3O2/c20-13-14-5-7-15(8-6-14)19(24)21-17-3-1-2-4-18(17)22-11-9-16(23)10-12-22/h1-8,16,23H,9-13,20H2,(H,21,24). The maximum atomic E-state index is 12.5. The Labute approximate surface area is 142 Å². The van der Waals surface area contributed by atoms with E-state index in [1.165, 1.54) is 0 Å². The number of aliphatic hydroxyl groups is 1. The van der Waals surface area contributed by atoms with Crippen molar-refractivity contribution in [3.63, 3.8) is 0 Å². The zero-order valence-electron chi connectivity index (χ0n) is 13.6. The van der Waals surface area contributed by atoms with E-state index in [0.29, 0.717) is 12.1 Å². The van der Waals surface area contributed by atoms with Crippen LogP contribution >= 0.6 is 0 Å². The second-order valence-electron chi connectivity index (χ2n) is 6.09. The Balaban J connectivity index is 1.75. The minimum absolute atomic E-state index is 0.136. The van der Waals surface area contributed by atoms with Crippen LogP contribution in [0.3, 0.4) is 0 Å². The Morgan fingerprint density at radius 2 is 1.79 bits per heavy atom.